The summed E-state index contributed by atoms with van der Waals surface area (Å²) in [6.07, 6.45) is 0.952. The molecule has 0 spiro atoms. The first-order chi connectivity index (χ1) is 12.0. The predicted octanol–water partition coefficient (Wildman–Crippen LogP) is 4.47. The van der Waals surface area contributed by atoms with Gasteiger partial charge >= 0.3 is 11.9 Å². The number of thiophene rings is 1. The van der Waals surface area contributed by atoms with Gasteiger partial charge in [-0.15, -0.1) is 11.3 Å². The molecule has 0 radical (unpaired) electrons. The Hall–Kier alpha value is -1.86. The molecule has 2 aromatic rings. The zero-order chi connectivity index (χ0) is 18.4. The van der Waals surface area contributed by atoms with Gasteiger partial charge in [-0.2, -0.15) is 0 Å². The van der Waals surface area contributed by atoms with E-state index in [4.69, 9.17) is 14.2 Å². The van der Waals surface area contributed by atoms with Crippen molar-refractivity contribution in [3.05, 3.63) is 39.2 Å². The molecule has 0 aliphatic rings. The lowest BCUT2D eigenvalue weighted by Gasteiger charge is -2.07. The summed E-state index contributed by atoms with van der Waals surface area (Å²) in [7, 11) is 1.31. The van der Waals surface area contributed by atoms with Gasteiger partial charge in [-0.3, -0.25) is 0 Å². The molecule has 7 heteroatoms. The minimum absolute atomic E-state index is 0.270. The Balaban J connectivity index is 2.37. The molecule has 1 heterocycles. The highest BCUT2D eigenvalue weighted by Gasteiger charge is 2.25. The van der Waals surface area contributed by atoms with E-state index in [9.17, 15) is 9.59 Å². The fraction of sp³-hybridized carbons (Fsp3) is 0.333. The minimum Gasteiger partial charge on any atom is -0.479 e. The average Bonchev–Trinajstić information content (AvgIpc) is 2.96. The van der Waals surface area contributed by atoms with Crippen LogP contribution in [0.4, 0.5) is 0 Å². The molecule has 1 aromatic heterocycles. The normalized spacial score (nSPS) is 10.4. The van der Waals surface area contributed by atoms with Crippen molar-refractivity contribution in [2.24, 2.45) is 0 Å². The van der Waals surface area contributed by atoms with Crippen molar-refractivity contribution in [1.82, 2.24) is 0 Å². The second kappa shape index (κ2) is 9.01. The molecular formula is C18H19BrO5S. The number of esters is 2. The molecule has 0 saturated heterocycles. The van der Waals surface area contributed by atoms with E-state index in [0.717, 1.165) is 16.9 Å². The number of hydrogen-bond donors (Lipinski definition) is 0. The van der Waals surface area contributed by atoms with Crippen molar-refractivity contribution in [2.75, 3.05) is 20.3 Å². The number of hydrogen-bond acceptors (Lipinski definition) is 6. The number of carbonyl (C=O) groups is 2. The molecular weight excluding hydrogens is 408 g/mol. The minimum atomic E-state index is -0.513. The molecule has 5 nitrogen and oxygen atoms in total. The van der Waals surface area contributed by atoms with Crippen LogP contribution in [0, 0.1) is 0 Å². The number of aryl methyl sites for hydroxylation is 1. The van der Waals surface area contributed by atoms with Crippen LogP contribution in [-0.2, 0) is 20.7 Å². The molecule has 0 fully saturated rings. The third kappa shape index (κ3) is 4.61. The predicted molar refractivity (Wildman–Crippen MR) is 100 cm³/mol. The van der Waals surface area contributed by atoms with E-state index in [-0.39, 0.29) is 13.2 Å². The van der Waals surface area contributed by atoms with Crippen LogP contribution in [0.15, 0.2) is 28.7 Å². The molecule has 2 rings (SSSR count). The summed E-state index contributed by atoms with van der Waals surface area (Å²) in [4.78, 5) is 24.8. The van der Waals surface area contributed by atoms with Crippen LogP contribution in [0.3, 0.4) is 0 Å². The maximum Gasteiger partial charge on any atom is 0.351 e. The van der Waals surface area contributed by atoms with Crippen LogP contribution in [0.1, 0.15) is 29.1 Å². The maximum atomic E-state index is 12.1. The number of ether oxygens (including phenoxy) is 3. The Morgan fingerprint density at radius 2 is 1.84 bits per heavy atom. The largest absolute Gasteiger partial charge is 0.479 e. The molecule has 0 aliphatic heterocycles. The topological polar surface area (TPSA) is 61.8 Å². The SMILES string of the molecule is CCOC(=O)COc1c(C(=O)OC)sc(-c2ccc(CC)cc2)c1Br. The molecule has 0 bridgehead atoms. The van der Waals surface area contributed by atoms with Gasteiger partial charge in [0.1, 0.15) is 0 Å². The van der Waals surface area contributed by atoms with Crippen molar-refractivity contribution in [3.63, 3.8) is 0 Å². The fourth-order valence-electron chi connectivity index (χ4n) is 2.16. The van der Waals surface area contributed by atoms with Gasteiger partial charge in [-0.25, -0.2) is 9.59 Å². The van der Waals surface area contributed by atoms with Gasteiger partial charge in [0.05, 0.1) is 23.1 Å². The number of methoxy groups -OCH3 is 1. The van der Waals surface area contributed by atoms with Crippen LogP contribution in [-0.4, -0.2) is 32.3 Å². The number of rotatable bonds is 7. The zero-order valence-corrected chi connectivity index (χ0v) is 16.7. The monoisotopic (exact) mass is 426 g/mol. The molecule has 0 saturated carbocycles. The van der Waals surface area contributed by atoms with Gasteiger partial charge in [-0.1, -0.05) is 31.2 Å². The van der Waals surface area contributed by atoms with Crippen molar-refractivity contribution < 1.29 is 23.8 Å². The van der Waals surface area contributed by atoms with E-state index in [1.165, 1.54) is 24.0 Å². The highest BCUT2D eigenvalue weighted by atomic mass is 79.9. The summed E-state index contributed by atoms with van der Waals surface area (Å²) >= 11 is 4.74. The Kier molecular flexibility index (Phi) is 7.01. The van der Waals surface area contributed by atoms with E-state index in [1.54, 1.807) is 6.92 Å². The smallest absolute Gasteiger partial charge is 0.351 e. The maximum absolute atomic E-state index is 12.1. The van der Waals surface area contributed by atoms with Crippen molar-refractivity contribution >= 4 is 39.2 Å². The van der Waals surface area contributed by atoms with Gasteiger partial charge in [0, 0.05) is 0 Å². The third-order valence-electron chi connectivity index (χ3n) is 3.44. The number of carbonyl (C=O) groups excluding carboxylic acids is 2. The van der Waals surface area contributed by atoms with Gasteiger partial charge in [0.25, 0.3) is 0 Å². The van der Waals surface area contributed by atoms with Gasteiger partial charge in [0.2, 0.25) is 0 Å². The van der Waals surface area contributed by atoms with Crippen molar-refractivity contribution in [3.8, 4) is 16.2 Å². The van der Waals surface area contributed by atoms with Crippen molar-refractivity contribution in [2.45, 2.75) is 20.3 Å². The number of benzene rings is 1. The molecule has 0 atom stereocenters. The Morgan fingerprint density at radius 3 is 2.40 bits per heavy atom. The lowest BCUT2D eigenvalue weighted by Crippen LogP contribution is -2.15. The van der Waals surface area contributed by atoms with Crippen molar-refractivity contribution in [1.29, 1.82) is 0 Å². The highest BCUT2D eigenvalue weighted by molar-refractivity contribution is 9.10. The van der Waals surface area contributed by atoms with E-state index in [2.05, 4.69) is 22.9 Å². The number of halogens is 1. The second-order valence-corrected chi connectivity index (χ2v) is 6.85. The van der Waals surface area contributed by atoms with E-state index < -0.39 is 11.9 Å². The Labute approximate surface area is 159 Å². The quantitative estimate of drug-likeness (QED) is 0.611. The first-order valence-electron chi connectivity index (χ1n) is 7.80. The van der Waals surface area contributed by atoms with Crippen LogP contribution < -0.4 is 4.74 Å². The molecule has 0 aliphatic carbocycles. The first-order valence-corrected chi connectivity index (χ1v) is 9.41. The summed E-state index contributed by atoms with van der Waals surface area (Å²) in [5.74, 6) is -0.717. The zero-order valence-electron chi connectivity index (χ0n) is 14.3. The second-order valence-electron chi connectivity index (χ2n) is 5.04. The molecule has 1 aromatic carbocycles. The summed E-state index contributed by atoms with van der Waals surface area (Å²) in [6.45, 7) is 3.80. The van der Waals surface area contributed by atoms with Gasteiger partial charge in [0.15, 0.2) is 17.2 Å². The Bertz CT molecular complexity index is 752. The lowest BCUT2D eigenvalue weighted by molar-refractivity contribution is -0.145. The fourth-order valence-corrected chi connectivity index (χ4v) is 4.14. The highest BCUT2D eigenvalue weighted by Crippen LogP contribution is 2.45. The third-order valence-corrected chi connectivity index (χ3v) is 5.66. The average molecular weight is 427 g/mol. The Morgan fingerprint density at radius 1 is 1.16 bits per heavy atom. The van der Waals surface area contributed by atoms with Crippen LogP contribution in [0.5, 0.6) is 5.75 Å². The van der Waals surface area contributed by atoms with E-state index in [1.807, 2.05) is 24.3 Å². The standard InChI is InChI=1S/C18H19BrO5S/c1-4-11-6-8-12(9-7-11)16-14(19)15(17(25-16)18(21)22-3)24-10-13(20)23-5-2/h6-9H,4-5,10H2,1-3H3. The first kappa shape index (κ1) is 19.5. The summed E-state index contributed by atoms with van der Waals surface area (Å²) in [5, 5.41) is 0. The molecule has 0 N–H and O–H groups in total. The van der Waals surface area contributed by atoms with Crippen LogP contribution in [0.25, 0.3) is 10.4 Å². The van der Waals surface area contributed by atoms with E-state index in [0.29, 0.717) is 15.1 Å². The lowest BCUT2D eigenvalue weighted by atomic mass is 10.1. The summed E-state index contributed by atoms with van der Waals surface area (Å²) in [6, 6.07) is 8.06. The molecule has 0 amide bonds. The van der Waals surface area contributed by atoms with Gasteiger partial charge in [-0.05, 0) is 40.4 Å². The summed E-state index contributed by atoms with van der Waals surface area (Å²) < 4.78 is 15.8. The molecule has 134 valence electrons. The van der Waals surface area contributed by atoms with Crippen LogP contribution >= 0.6 is 27.3 Å². The van der Waals surface area contributed by atoms with E-state index >= 15 is 0 Å². The van der Waals surface area contributed by atoms with Gasteiger partial charge < -0.3 is 14.2 Å². The molecule has 0 unspecified atom stereocenters. The molecule has 25 heavy (non-hydrogen) atoms. The van der Waals surface area contributed by atoms with Crippen LogP contribution in [0.2, 0.25) is 0 Å². The summed E-state index contributed by atoms with van der Waals surface area (Å²) in [5.41, 5.74) is 2.17.